The van der Waals surface area contributed by atoms with E-state index < -0.39 is 0 Å². The Bertz CT molecular complexity index is 144. The summed E-state index contributed by atoms with van der Waals surface area (Å²) in [6, 6.07) is -0.0770. The Balaban J connectivity index is 3.83. The summed E-state index contributed by atoms with van der Waals surface area (Å²) in [6.45, 7) is 5.96. The van der Waals surface area contributed by atoms with Crippen molar-refractivity contribution < 1.29 is 9.90 Å². The highest BCUT2D eigenvalue weighted by atomic mass is 16.3. The lowest BCUT2D eigenvalue weighted by Gasteiger charge is -2.17. The van der Waals surface area contributed by atoms with Crippen LogP contribution in [0.1, 0.15) is 40.0 Å². The summed E-state index contributed by atoms with van der Waals surface area (Å²) < 4.78 is 0. The molecule has 78 valence electrons. The molecule has 3 nitrogen and oxygen atoms in total. The van der Waals surface area contributed by atoms with Crippen LogP contribution in [0, 0.1) is 5.92 Å². The van der Waals surface area contributed by atoms with Crippen LogP contribution in [0.5, 0.6) is 0 Å². The third kappa shape index (κ3) is 4.88. The number of aliphatic hydroxyl groups is 1. The third-order valence-corrected chi connectivity index (χ3v) is 2.23. The monoisotopic (exact) mass is 187 g/mol. The van der Waals surface area contributed by atoms with Crippen molar-refractivity contribution in [1.82, 2.24) is 5.32 Å². The van der Waals surface area contributed by atoms with Gasteiger partial charge in [-0.15, -0.1) is 0 Å². The molecule has 2 atom stereocenters. The maximum atomic E-state index is 11.4. The largest absolute Gasteiger partial charge is 0.394 e. The van der Waals surface area contributed by atoms with E-state index >= 15 is 0 Å². The molecule has 0 aliphatic carbocycles. The van der Waals surface area contributed by atoms with E-state index in [1.807, 2.05) is 13.8 Å². The van der Waals surface area contributed by atoms with Gasteiger partial charge in [0.05, 0.1) is 12.6 Å². The SMILES string of the molecule is CCCC(C)C(=O)N[C@@H](CC)CO. The first kappa shape index (κ1) is 12.4. The molecule has 0 aliphatic rings. The first-order chi connectivity index (χ1) is 6.15. The first-order valence-electron chi connectivity index (χ1n) is 5.06. The highest BCUT2D eigenvalue weighted by molar-refractivity contribution is 5.78. The van der Waals surface area contributed by atoms with E-state index in [9.17, 15) is 4.79 Å². The smallest absolute Gasteiger partial charge is 0.223 e. The summed E-state index contributed by atoms with van der Waals surface area (Å²) in [4.78, 5) is 11.4. The summed E-state index contributed by atoms with van der Waals surface area (Å²) in [6.07, 6.45) is 2.71. The number of aliphatic hydroxyl groups excluding tert-OH is 1. The number of hydrogen-bond acceptors (Lipinski definition) is 2. The fraction of sp³-hybridized carbons (Fsp3) is 0.900. The topological polar surface area (TPSA) is 49.3 Å². The van der Waals surface area contributed by atoms with Crippen molar-refractivity contribution in [3.8, 4) is 0 Å². The molecule has 0 bridgehead atoms. The molecule has 0 aromatic carbocycles. The second kappa shape index (κ2) is 6.89. The number of carbonyl (C=O) groups is 1. The van der Waals surface area contributed by atoms with Crippen molar-refractivity contribution in [2.75, 3.05) is 6.61 Å². The van der Waals surface area contributed by atoms with Crippen LogP contribution >= 0.6 is 0 Å². The zero-order valence-corrected chi connectivity index (χ0v) is 8.84. The zero-order chi connectivity index (χ0) is 10.3. The number of amides is 1. The summed E-state index contributed by atoms with van der Waals surface area (Å²) >= 11 is 0. The number of rotatable bonds is 6. The van der Waals surface area contributed by atoms with Crippen LogP contribution in [0.15, 0.2) is 0 Å². The molecule has 0 saturated carbocycles. The predicted octanol–water partition coefficient (Wildman–Crippen LogP) is 1.31. The van der Waals surface area contributed by atoms with Gasteiger partial charge in [-0.3, -0.25) is 4.79 Å². The maximum absolute atomic E-state index is 11.4. The lowest BCUT2D eigenvalue weighted by molar-refractivity contribution is -0.125. The van der Waals surface area contributed by atoms with Gasteiger partial charge in [0, 0.05) is 5.92 Å². The minimum atomic E-state index is -0.0770. The molecule has 0 aliphatic heterocycles. The van der Waals surface area contributed by atoms with E-state index in [4.69, 9.17) is 5.11 Å². The van der Waals surface area contributed by atoms with Crippen LogP contribution in [-0.4, -0.2) is 23.7 Å². The van der Waals surface area contributed by atoms with E-state index in [1.165, 1.54) is 0 Å². The standard InChI is InChI=1S/C10H21NO2/c1-4-6-8(3)10(13)11-9(5-2)7-12/h8-9,12H,4-7H2,1-3H3,(H,11,13)/t8?,9-/m0/s1. The number of carbonyl (C=O) groups excluding carboxylic acids is 1. The quantitative estimate of drug-likeness (QED) is 0.658. The van der Waals surface area contributed by atoms with E-state index in [1.54, 1.807) is 0 Å². The van der Waals surface area contributed by atoms with Gasteiger partial charge in [-0.25, -0.2) is 0 Å². The molecule has 0 spiro atoms. The molecule has 0 rings (SSSR count). The van der Waals surface area contributed by atoms with Gasteiger partial charge in [0.2, 0.25) is 5.91 Å². The molecule has 0 aromatic heterocycles. The lowest BCUT2D eigenvalue weighted by atomic mass is 10.0. The third-order valence-electron chi connectivity index (χ3n) is 2.23. The molecule has 1 unspecified atom stereocenters. The molecule has 0 fully saturated rings. The van der Waals surface area contributed by atoms with Crippen LogP contribution in [0.4, 0.5) is 0 Å². The molecule has 3 heteroatoms. The van der Waals surface area contributed by atoms with Crippen LogP contribution < -0.4 is 5.32 Å². The fourth-order valence-corrected chi connectivity index (χ4v) is 1.18. The second-order valence-electron chi connectivity index (χ2n) is 3.49. The fourth-order valence-electron chi connectivity index (χ4n) is 1.18. The van der Waals surface area contributed by atoms with Crippen molar-refractivity contribution in [2.24, 2.45) is 5.92 Å². The van der Waals surface area contributed by atoms with E-state index in [-0.39, 0.29) is 24.5 Å². The molecule has 0 saturated heterocycles. The normalized spacial score (nSPS) is 15.1. The van der Waals surface area contributed by atoms with Gasteiger partial charge in [-0.1, -0.05) is 27.2 Å². The summed E-state index contributed by atoms with van der Waals surface area (Å²) in [5.41, 5.74) is 0. The summed E-state index contributed by atoms with van der Waals surface area (Å²) in [7, 11) is 0. The van der Waals surface area contributed by atoms with Crippen LogP contribution in [0.25, 0.3) is 0 Å². The highest BCUT2D eigenvalue weighted by Gasteiger charge is 2.14. The maximum Gasteiger partial charge on any atom is 0.223 e. The Kier molecular flexibility index (Phi) is 6.59. The summed E-state index contributed by atoms with van der Waals surface area (Å²) in [5, 5.41) is 11.7. The Morgan fingerprint density at radius 2 is 2.08 bits per heavy atom. The Hall–Kier alpha value is -0.570. The zero-order valence-electron chi connectivity index (χ0n) is 8.84. The van der Waals surface area contributed by atoms with Gasteiger partial charge in [-0.2, -0.15) is 0 Å². The van der Waals surface area contributed by atoms with Crippen molar-refractivity contribution in [3.63, 3.8) is 0 Å². The average Bonchev–Trinajstić information content (AvgIpc) is 2.14. The first-order valence-corrected chi connectivity index (χ1v) is 5.06. The number of nitrogens with one attached hydrogen (secondary N) is 1. The van der Waals surface area contributed by atoms with E-state index in [0.29, 0.717) is 0 Å². The van der Waals surface area contributed by atoms with Gasteiger partial charge in [0.1, 0.15) is 0 Å². The predicted molar refractivity (Wildman–Crippen MR) is 53.4 cm³/mol. The van der Waals surface area contributed by atoms with Gasteiger partial charge >= 0.3 is 0 Å². The average molecular weight is 187 g/mol. The molecule has 0 aromatic rings. The number of hydrogen-bond donors (Lipinski definition) is 2. The minimum Gasteiger partial charge on any atom is -0.394 e. The van der Waals surface area contributed by atoms with Crippen molar-refractivity contribution >= 4 is 5.91 Å². The minimum absolute atomic E-state index is 0.0289. The Morgan fingerprint density at radius 1 is 1.46 bits per heavy atom. The van der Waals surface area contributed by atoms with E-state index in [0.717, 1.165) is 19.3 Å². The van der Waals surface area contributed by atoms with Crippen LogP contribution in [0.3, 0.4) is 0 Å². The van der Waals surface area contributed by atoms with Crippen molar-refractivity contribution in [2.45, 2.75) is 46.1 Å². The molecule has 0 heterocycles. The second-order valence-corrected chi connectivity index (χ2v) is 3.49. The van der Waals surface area contributed by atoms with Gasteiger partial charge < -0.3 is 10.4 Å². The molecular formula is C10H21NO2. The molecule has 13 heavy (non-hydrogen) atoms. The molecule has 1 amide bonds. The Morgan fingerprint density at radius 3 is 2.46 bits per heavy atom. The highest BCUT2D eigenvalue weighted by Crippen LogP contribution is 2.05. The molecular weight excluding hydrogens is 166 g/mol. The van der Waals surface area contributed by atoms with Crippen LogP contribution in [0.2, 0.25) is 0 Å². The summed E-state index contributed by atoms with van der Waals surface area (Å²) in [5.74, 6) is 0.119. The molecule has 2 N–H and O–H groups in total. The van der Waals surface area contributed by atoms with Crippen molar-refractivity contribution in [3.05, 3.63) is 0 Å². The van der Waals surface area contributed by atoms with Crippen LogP contribution in [-0.2, 0) is 4.79 Å². The van der Waals surface area contributed by atoms with Gasteiger partial charge in [-0.05, 0) is 12.8 Å². The van der Waals surface area contributed by atoms with E-state index in [2.05, 4.69) is 12.2 Å². The van der Waals surface area contributed by atoms with Gasteiger partial charge in [0.25, 0.3) is 0 Å². The van der Waals surface area contributed by atoms with Gasteiger partial charge in [0.15, 0.2) is 0 Å². The van der Waals surface area contributed by atoms with Crippen molar-refractivity contribution in [1.29, 1.82) is 0 Å². The Labute approximate surface area is 80.5 Å². The lowest BCUT2D eigenvalue weighted by Crippen LogP contribution is -2.39. The molecule has 0 radical (unpaired) electrons.